The number of carbonyl (C=O) groups is 1. The molecule has 1 spiro atoms. The first-order valence-electron chi connectivity index (χ1n) is 9.92. The van der Waals surface area contributed by atoms with Gasteiger partial charge in [0, 0.05) is 30.5 Å². The van der Waals surface area contributed by atoms with Crippen LogP contribution < -0.4 is 9.47 Å². The first kappa shape index (κ1) is 20.3. The van der Waals surface area contributed by atoms with Crippen molar-refractivity contribution in [2.75, 3.05) is 13.1 Å². The summed E-state index contributed by atoms with van der Waals surface area (Å²) in [5.41, 5.74) is -0.539. The number of aromatic nitrogens is 1. The molecule has 1 aromatic heterocycles. The average molecular weight is 414 g/mol. The van der Waals surface area contributed by atoms with Crippen LogP contribution >= 0.6 is 0 Å². The number of pyridine rings is 1. The molecular weight excluding hydrogens is 389 g/mol. The zero-order chi connectivity index (χ0) is 20.9. The van der Waals surface area contributed by atoms with Crippen molar-refractivity contribution in [3.8, 4) is 11.6 Å². The summed E-state index contributed by atoms with van der Waals surface area (Å²) < 4.78 is 46.2. The third-order valence-electron chi connectivity index (χ3n) is 6.31. The Morgan fingerprint density at radius 2 is 1.90 bits per heavy atom. The summed E-state index contributed by atoms with van der Waals surface area (Å²) in [7, 11) is 0. The highest BCUT2D eigenvalue weighted by Gasteiger charge is 2.51. The van der Waals surface area contributed by atoms with Crippen LogP contribution in [0.2, 0.25) is 0 Å². The monoisotopic (exact) mass is 414 g/mol. The van der Waals surface area contributed by atoms with E-state index in [1.165, 1.54) is 12.1 Å². The number of aliphatic hydroxyl groups is 1. The Hall–Kier alpha value is -2.03. The van der Waals surface area contributed by atoms with E-state index in [2.05, 4.69) is 9.72 Å². The van der Waals surface area contributed by atoms with Crippen LogP contribution in [-0.2, 0) is 4.79 Å². The van der Waals surface area contributed by atoms with Crippen LogP contribution in [-0.4, -0.2) is 52.1 Å². The van der Waals surface area contributed by atoms with Crippen molar-refractivity contribution in [3.05, 3.63) is 18.3 Å². The summed E-state index contributed by atoms with van der Waals surface area (Å²) in [5.74, 6) is 0.0193. The Morgan fingerprint density at radius 1 is 1.24 bits per heavy atom. The maximum atomic E-state index is 12.4. The molecule has 0 radical (unpaired) electrons. The number of carbonyl (C=O) groups excluding carboxylic acids is 1. The van der Waals surface area contributed by atoms with E-state index < -0.39 is 12.0 Å². The minimum Gasteiger partial charge on any atom is -0.474 e. The molecule has 0 atom stereocenters. The van der Waals surface area contributed by atoms with E-state index in [0.29, 0.717) is 12.8 Å². The van der Waals surface area contributed by atoms with Gasteiger partial charge in [-0.25, -0.2) is 4.98 Å². The third kappa shape index (κ3) is 4.60. The minimum atomic E-state index is -4.74. The second kappa shape index (κ2) is 7.04. The number of amides is 1. The van der Waals surface area contributed by atoms with Gasteiger partial charge in [-0.2, -0.15) is 0 Å². The summed E-state index contributed by atoms with van der Waals surface area (Å²) in [5, 5.41) is 9.82. The maximum Gasteiger partial charge on any atom is 0.573 e. The highest BCUT2D eigenvalue weighted by molar-refractivity contribution is 5.81. The number of nitrogens with zero attached hydrogens (tertiary/aromatic N) is 2. The molecule has 4 rings (SSSR count). The van der Waals surface area contributed by atoms with E-state index in [4.69, 9.17) is 4.74 Å². The van der Waals surface area contributed by atoms with E-state index >= 15 is 0 Å². The molecular formula is C20H25F3N2O4. The second-order valence-corrected chi connectivity index (χ2v) is 8.99. The predicted octanol–water partition coefficient (Wildman–Crippen LogP) is 3.29. The molecule has 9 heteroatoms. The zero-order valence-electron chi connectivity index (χ0n) is 16.2. The molecule has 1 amide bonds. The Bertz CT molecular complexity index is 742. The summed E-state index contributed by atoms with van der Waals surface area (Å²) in [4.78, 5) is 18.2. The lowest BCUT2D eigenvalue weighted by molar-refractivity contribution is -0.274. The summed E-state index contributed by atoms with van der Waals surface area (Å²) in [6.45, 7) is 3.29. The number of halogens is 3. The second-order valence-electron chi connectivity index (χ2n) is 8.99. The number of alkyl halides is 3. The molecule has 0 bridgehead atoms. The van der Waals surface area contributed by atoms with Crippen molar-refractivity contribution >= 4 is 5.91 Å². The average Bonchev–Trinajstić information content (AvgIpc) is 2.58. The first-order valence-corrected chi connectivity index (χ1v) is 9.92. The Morgan fingerprint density at radius 3 is 2.41 bits per heavy atom. The van der Waals surface area contributed by atoms with Crippen LogP contribution in [0.3, 0.4) is 0 Å². The molecule has 160 valence electrons. The van der Waals surface area contributed by atoms with Gasteiger partial charge >= 0.3 is 6.36 Å². The molecule has 3 fully saturated rings. The molecule has 1 aliphatic heterocycles. The Balaban J connectivity index is 1.21. The number of rotatable bonds is 4. The van der Waals surface area contributed by atoms with Gasteiger partial charge in [0.1, 0.15) is 11.9 Å². The molecule has 1 aromatic rings. The number of likely N-dealkylation sites (tertiary alicyclic amines) is 1. The maximum absolute atomic E-state index is 12.4. The van der Waals surface area contributed by atoms with Gasteiger partial charge < -0.3 is 19.5 Å². The fraction of sp³-hybridized carbons (Fsp3) is 0.700. The van der Waals surface area contributed by atoms with Crippen LogP contribution in [0.15, 0.2) is 18.3 Å². The molecule has 1 N–H and O–H groups in total. The largest absolute Gasteiger partial charge is 0.573 e. The normalized spacial score (nSPS) is 29.1. The lowest BCUT2D eigenvalue weighted by Crippen LogP contribution is -2.63. The van der Waals surface area contributed by atoms with Gasteiger partial charge in [0.2, 0.25) is 11.8 Å². The topological polar surface area (TPSA) is 71.9 Å². The number of ether oxygens (including phenoxy) is 2. The molecule has 0 aromatic carbocycles. The van der Waals surface area contributed by atoms with Crippen LogP contribution in [0.4, 0.5) is 13.2 Å². The molecule has 2 saturated carbocycles. The quantitative estimate of drug-likeness (QED) is 0.819. The minimum absolute atomic E-state index is 0.0333. The van der Waals surface area contributed by atoms with Gasteiger partial charge in [-0.1, -0.05) is 0 Å². The van der Waals surface area contributed by atoms with Crippen LogP contribution in [0.25, 0.3) is 0 Å². The Kier molecular flexibility index (Phi) is 4.91. The van der Waals surface area contributed by atoms with Crippen molar-refractivity contribution in [3.63, 3.8) is 0 Å². The number of hydrogen-bond donors (Lipinski definition) is 1. The molecule has 29 heavy (non-hydrogen) atoms. The highest BCUT2D eigenvalue weighted by Crippen LogP contribution is 2.47. The van der Waals surface area contributed by atoms with E-state index in [1.54, 1.807) is 6.92 Å². The molecule has 0 unspecified atom stereocenters. The van der Waals surface area contributed by atoms with Gasteiger partial charge in [0.25, 0.3) is 0 Å². The van der Waals surface area contributed by atoms with E-state index in [0.717, 1.165) is 45.0 Å². The molecule has 3 aliphatic rings. The van der Waals surface area contributed by atoms with Crippen LogP contribution in [0.1, 0.15) is 45.4 Å². The van der Waals surface area contributed by atoms with Crippen molar-refractivity contribution in [2.45, 2.75) is 63.5 Å². The van der Waals surface area contributed by atoms with Crippen molar-refractivity contribution in [2.24, 2.45) is 11.3 Å². The standard InChI is InChI=1S/C20H25F3N2O4/c1-18(27)8-13(9-18)17(26)25-11-19(12-25)6-4-14(5-7-19)28-16-3-2-15(10-24-16)29-20(21,22)23/h2-3,10,13-14,27H,4-9,11-12H2,1H3. The lowest BCUT2D eigenvalue weighted by atomic mass is 9.66. The predicted molar refractivity (Wildman–Crippen MR) is 96.2 cm³/mol. The number of hydrogen-bond acceptors (Lipinski definition) is 5. The van der Waals surface area contributed by atoms with Gasteiger partial charge in [-0.05, 0) is 51.5 Å². The van der Waals surface area contributed by atoms with E-state index in [-0.39, 0.29) is 35.0 Å². The zero-order valence-corrected chi connectivity index (χ0v) is 16.2. The van der Waals surface area contributed by atoms with Gasteiger partial charge in [0.05, 0.1) is 11.8 Å². The summed E-state index contributed by atoms with van der Waals surface area (Å²) >= 11 is 0. The fourth-order valence-electron chi connectivity index (χ4n) is 4.79. The van der Waals surface area contributed by atoms with Gasteiger partial charge in [-0.15, -0.1) is 13.2 Å². The van der Waals surface area contributed by atoms with Crippen molar-refractivity contribution < 1.29 is 32.5 Å². The third-order valence-corrected chi connectivity index (χ3v) is 6.31. The van der Waals surface area contributed by atoms with Crippen LogP contribution in [0.5, 0.6) is 11.6 Å². The smallest absolute Gasteiger partial charge is 0.474 e. The Labute approximate surface area is 167 Å². The van der Waals surface area contributed by atoms with Crippen molar-refractivity contribution in [1.82, 2.24) is 9.88 Å². The van der Waals surface area contributed by atoms with Crippen LogP contribution in [0, 0.1) is 11.3 Å². The van der Waals surface area contributed by atoms with E-state index in [9.17, 15) is 23.1 Å². The fourth-order valence-corrected chi connectivity index (χ4v) is 4.79. The highest BCUT2D eigenvalue weighted by atomic mass is 19.4. The summed E-state index contributed by atoms with van der Waals surface area (Å²) in [6.07, 6.45) is 0.852. The molecule has 6 nitrogen and oxygen atoms in total. The SMILES string of the molecule is CC1(O)CC(C(=O)N2CC3(CCC(Oc4ccc(OC(F)(F)F)cn4)CC3)C2)C1. The van der Waals surface area contributed by atoms with Crippen molar-refractivity contribution in [1.29, 1.82) is 0 Å². The first-order chi connectivity index (χ1) is 13.5. The summed E-state index contributed by atoms with van der Waals surface area (Å²) in [6, 6.07) is 2.57. The van der Waals surface area contributed by atoms with Gasteiger partial charge in [0.15, 0.2) is 0 Å². The molecule has 1 saturated heterocycles. The van der Waals surface area contributed by atoms with Gasteiger partial charge in [-0.3, -0.25) is 4.79 Å². The lowest BCUT2D eigenvalue weighted by Gasteiger charge is -2.55. The molecule has 2 aliphatic carbocycles. The van der Waals surface area contributed by atoms with E-state index in [1.807, 2.05) is 4.90 Å². The molecule has 2 heterocycles.